The highest BCUT2D eigenvalue weighted by Crippen LogP contribution is 2.30. The molecule has 0 saturated heterocycles. The van der Waals surface area contributed by atoms with Gasteiger partial charge in [0.15, 0.2) is 0 Å². The highest BCUT2D eigenvalue weighted by atomic mass is 79.9. The summed E-state index contributed by atoms with van der Waals surface area (Å²) in [5.41, 5.74) is 5.09. The maximum absolute atomic E-state index is 5.67. The van der Waals surface area contributed by atoms with Gasteiger partial charge in [-0.05, 0) is 29.3 Å². The van der Waals surface area contributed by atoms with Gasteiger partial charge in [-0.3, -0.25) is 5.84 Å². The minimum Gasteiger partial charge on any atom is -0.271 e. The molecule has 0 aliphatic heterocycles. The normalized spacial score (nSPS) is 12.4. The molecule has 2 rings (SSSR count). The van der Waals surface area contributed by atoms with Gasteiger partial charge in [0.2, 0.25) is 0 Å². The number of rotatable bonds is 3. The number of hydrazine groups is 1. The van der Waals surface area contributed by atoms with Crippen LogP contribution < -0.4 is 11.3 Å². The Kier molecular flexibility index (Phi) is 4.34. The molecule has 0 heterocycles. The molecule has 2 aromatic rings. The largest absolute Gasteiger partial charge is 0.271 e. The fourth-order valence-electron chi connectivity index (χ4n) is 1.75. The zero-order valence-corrected chi connectivity index (χ0v) is 12.2. The predicted molar refractivity (Wildman–Crippen MR) is 77.5 cm³/mol. The van der Waals surface area contributed by atoms with E-state index in [0.717, 1.165) is 20.1 Å². The molecule has 3 N–H and O–H groups in total. The Hall–Kier alpha value is -0.680. The zero-order chi connectivity index (χ0) is 12.3. The van der Waals surface area contributed by atoms with E-state index in [1.165, 1.54) is 0 Å². The van der Waals surface area contributed by atoms with Gasteiger partial charge in [-0.2, -0.15) is 0 Å². The summed E-state index contributed by atoms with van der Waals surface area (Å²) in [6.07, 6.45) is 0. The molecule has 0 bridgehead atoms. The van der Waals surface area contributed by atoms with Crippen molar-refractivity contribution in [2.75, 3.05) is 0 Å². The van der Waals surface area contributed by atoms with Crippen LogP contribution in [0.25, 0.3) is 0 Å². The fraction of sp³-hybridized carbons (Fsp3) is 0.0769. The zero-order valence-electron chi connectivity index (χ0n) is 9.03. The summed E-state index contributed by atoms with van der Waals surface area (Å²) in [6.45, 7) is 0. The van der Waals surface area contributed by atoms with Crippen molar-refractivity contribution in [2.45, 2.75) is 6.04 Å². The highest BCUT2D eigenvalue weighted by molar-refractivity contribution is 9.11. The van der Waals surface area contributed by atoms with Gasteiger partial charge in [-0.25, -0.2) is 5.43 Å². The predicted octanol–water partition coefficient (Wildman–Crippen LogP) is 3.76. The average molecular weight is 356 g/mol. The molecule has 0 spiro atoms. The first-order chi connectivity index (χ1) is 8.22. The van der Waals surface area contributed by atoms with E-state index >= 15 is 0 Å². The van der Waals surface area contributed by atoms with Crippen molar-refractivity contribution < 1.29 is 0 Å². The number of nitrogens with one attached hydrogen (secondary N) is 1. The quantitative estimate of drug-likeness (QED) is 0.649. The molecule has 0 radical (unpaired) electrons. The first-order valence-electron chi connectivity index (χ1n) is 5.18. The van der Waals surface area contributed by atoms with Gasteiger partial charge < -0.3 is 0 Å². The Bertz CT molecular complexity index is 500. The summed E-state index contributed by atoms with van der Waals surface area (Å²) >= 11 is 7.03. The standard InChI is InChI=1S/C13H12Br2N2/c14-10-6-7-12(15)11(8-10)13(17-16)9-4-2-1-3-5-9/h1-8,13,17H,16H2. The van der Waals surface area contributed by atoms with Gasteiger partial charge in [0.25, 0.3) is 0 Å². The van der Waals surface area contributed by atoms with Crippen LogP contribution in [-0.2, 0) is 0 Å². The molecular weight excluding hydrogens is 344 g/mol. The third-order valence-electron chi connectivity index (χ3n) is 2.57. The van der Waals surface area contributed by atoms with E-state index in [9.17, 15) is 0 Å². The summed E-state index contributed by atoms with van der Waals surface area (Å²) in [5.74, 6) is 5.67. The van der Waals surface area contributed by atoms with Gasteiger partial charge in [0, 0.05) is 8.95 Å². The monoisotopic (exact) mass is 354 g/mol. The Morgan fingerprint density at radius 3 is 2.35 bits per heavy atom. The lowest BCUT2D eigenvalue weighted by atomic mass is 9.99. The molecular formula is C13H12Br2N2. The second-order valence-corrected chi connectivity index (χ2v) is 5.45. The second kappa shape index (κ2) is 5.78. The van der Waals surface area contributed by atoms with Crippen molar-refractivity contribution in [3.8, 4) is 0 Å². The van der Waals surface area contributed by atoms with Crippen LogP contribution in [0.1, 0.15) is 17.2 Å². The van der Waals surface area contributed by atoms with E-state index in [-0.39, 0.29) is 6.04 Å². The van der Waals surface area contributed by atoms with Crippen LogP contribution in [0.15, 0.2) is 57.5 Å². The molecule has 2 aromatic carbocycles. The molecule has 0 aromatic heterocycles. The number of benzene rings is 2. The first-order valence-corrected chi connectivity index (χ1v) is 6.77. The van der Waals surface area contributed by atoms with E-state index in [2.05, 4.69) is 55.5 Å². The van der Waals surface area contributed by atoms with Gasteiger partial charge in [0.05, 0.1) is 6.04 Å². The first kappa shape index (κ1) is 12.8. The van der Waals surface area contributed by atoms with Crippen LogP contribution in [-0.4, -0.2) is 0 Å². The Morgan fingerprint density at radius 1 is 1.00 bits per heavy atom. The number of hydrogen-bond acceptors (Lipinski definition) is 2. The van der Waals surface area contributed by atoms with Crippen molar-refractivity contribution >= 4 is 31.9 Å². The van der Waals surface area contributed by atoms with Gasteiger partial charge in [-0.1, -0.05) is 62.2 Å². The molecule has 1 atom stereocenters. The smallest absolute Gasteiger partial charge is 0.0721 e. The van der Waals surface area contributed by atoms with Crippen LogP contribution in [0.4, 0.5) is 0 Å². The van der Waals surface area contributed by atoms with E-state index in [4.69, 9.17) is 5.84 Å². The van der Waals surface area contributed by atoms with E-state index < -0.39 is 0 Å². The van der Waals surface area contributed by atoms with Gasteiger partial charge >= 0.3 is 0 Å². The second-order valence-electron chi connectivity index (χ2n) is 3.68. The summed E-state index contributed by atoms with van der Waals surface area (Å²) < 4.78 is 2.07. The van der Waals surface area contributed by atoms with Crippen molar-refractivity contribution in [3.63, 3.8) is 0 Å². The Balaban J connectivity index is 2.46. The number of halogens is 2. The molecule has 1 unspecified atom stereocenters. The lowest BCUT2D eigenvalue weighted by Crippen LogP contribution is -2.29. The molecule has 2 nitrogen and oxygen atoms in total. The van der Waals surface area contributed by atoms with E-state index in [0.29, 0.717) is 0 Å². The van der Waals surface area contributed by atoms with Crippen LogP contribution >= 0.6 is 31.9 Å². The average Bonchev–Trinajstić information content (AvgIpc) is 2.36. The molecule has 0 aliphatic rings. The lowest BCUT2D eigenvalue weighted by molar-refractivity contribution is 0.634. The number of nitrogens with two attached hydrogens (primary N) is 1. The fourth-order valence-corrected chi connectivity index (χ4v) is 2.60. The van der Waals surface area contributed by atoms with Gasteiger partial charge in [0.1, 0.15) is 0 Å². The Morgan fingerprint density at radius 2 is 1.71 bits per heavy atom. The van der Waals surface area contributed by atoms with Crippen molar-refractivity contribution in [1.82, 2.24) is 5.43 Å². The topological polar surface area (TPSA) is 38.0 Å². The molecule has 0 aliphatic carbocycles. The molecule has 17 heavy (non-hydrogen) atoms. The molecule has 0 fully saturated rings. The van der Waals surface area contributed by atoms with Crippen LogP contribution in [0, 0.1) is 0 Å². The minimum absolute atomic E-state index is 0.0249. The van der Waals surface area contributed by atoms with Crippen LogP contribution in [0.5, 0.6) is 0 Å². The van der Waals surface area contributed by atoms with Crippen molar-refractivity contribution in [1.29, 1.82) is 0 Å². The summed E-state index contributed by atoms with van der Waals surface area (Å²) in [6, 6.07) is 16.1. The molecule has 0 saturated carbocycles. The van der Waals surface area contributed by atoms with E-state index in [1.54, 1.807) is 0 Å². The summed E-state index contributed by atoms with van der Waals surface area (Å²) in [5, 5.41) is 0. The van der Waals surface area contributed by atoms with Crippen molar-refractivity contribution in [2.24, 2.45) is 5.84 Å². The molecule has 88 valence electrons. The van der Waals surface area contributed by atoms with Crippen LogP contribution in [0.2, 0.25) is 0 Å². The highest BCUT2D eigenvalue weighted by Gasteiger charge is 2.15. The Labute approximate surface area is 117 Å². The van der Waals surface area contributed by atoms with Crippen molar-refractivity contribution in [3.05, 3.63) is 68.6 Å². The third-order valence-corrected chi connectivity index (χ3v) is 3.78. The molecule has 0 amide bonds. The molecule has 4 heteroatoms. The summed E-state index contributed by atoms with van der Waals surface area (Å²) in [7, 11) is 0. The SMILES string of the molecule is NNC(c1ccccc1)c1cc(Br)ccc1Br. The maximum atomic E-state index is 5.67. The number of hydrogen-bond donors (Lipinski definition) is 2. The lowest BCUT2D eigenvalue weighted by Gasteiger charge is -2.18. The third kappa shape index (κ3) is 2.96. The van der Waals surface area contributed by atoms with Crippen LogP contribution in [0.3, 0.4) is 0 Å². The minimum atomic E-state index is -0.0249. The van der Waals surface area contributed by atoms with Gasteiger partial charge in [-0.15, -0.1) is 0 Å². The summed E-state index contributed by atoms with van der Waals surface area (Å²) in [4.78, 5) is 0. The maximum Gasteiger partial charge on any atom is 0.0721 e. The van der Waals surface area contributed by atoms with E-state index in [1.807, 2.05) is 30.3 Å².